The fourth-order valence-electron chi connectivity index (χ4n) is 3.86. The molecule has 4 heteroatoms. The number of benzene rings is 2. The molecule has 4 nitrogen and oxygen atoms in total. The molecule has 0 amide bonds. The molecule has 1 atom stereocenters. The van der Waals surface area contributed by atoms with Crippen LogP contribution in [0.25, 0.3) is 6.08 Å². The van der Waals surface area contributed by atoms with Crippen molar-refractivity contribution < 1.29 is 19.6 Å². The Morgan fingerprint density at radius 1 is 0.933 bits per heavy atom. The highest BCUT2D eigenvalue weighted by atomic mass is 17.1. The zero-order valence-corrected chi connectivity index (χ0v) is 17.5. The van der Waals surface area contributed by atoms with Gasteiger partial charge in [-0.05, 0) is 60.3 Å². The van der Waals surface area contributed by atoms with Gasteiger partial charge < -0.3 is 9.47 Å². The van der Waals surface area contributed by atoms with Gasteiger partial charge in [0.05, 0.1) is 12.7 Å². The topological polar surface area (TPSA) is 47.9 Å². The van der Waals surface area contributed by atoms with E-state index in [2.05, 4.69) is 19.2 Å². The molecule has 0 bridgehead atoms. The van der Waals surface area contributed by atoms with Gasteiger partial charge in [-0.2, -0.15) is 0 Å². The van der Waals surface area contributed by atoms with Crippen LogP contribution in [0, 0.1) is 5.92 Å². The number of hydrogen-bond acceptors (Lipinski definition) is 4. The third-order valence-electron chi connectivity index (χ3n) is 5.84. The van der Waals surface area contributed by atoms with Gasteiger partial charge >= 0.3 is 0 Å². The van der Waals surface area contributed by atoms with Gasteiger partial charge in [0, 0.05) is 0 Å². The lowest BCUT2D eigenvalue weighted by Crippen LogP contribution is -2.22. The second-order valence-corrected chi connectivity index (χ2v) is 7.81. The van der Waals surface area contributed by atoms with E-state index in [9.17, 15) is 5.26 Å². The maximum atomic E-state index is 9.41. The predicted molar refractivity (Wildman–Crippen MR) is 120 cm³/mol. The van der Waals surface area contributed by atoms with Gasteiger partial charge in [-0.15, -0.1) is 6.58 Å². The van der Waals surface area contributed by atoms with Crippen molar-refractivity contribution in [2.24, 2.45) is 5.92 Å². The van der Waals surface area contributed by atoms with Crippen LogP contribution in [0.1, 0.15) is 54.0 Å². The molecule has 1 unspecified atom stereocenters. The van der Waals surface area contributed by atoms with Crippen molar-refractivity contribution in [3.05, 3.63) is 90.0 Å². The summed E-state index contributed by atoms with van der Waals surface area (Å²) in [4.78, 5) is 4.75. The third kappa shape index (κ3) is 6.38. The van der Waals surface area contributed by atoms with Gasteiger partial charge in [-0.3, -0.25) is 5.26 Å². The summed E-state index contributed by atoms with van der Waals surface area (Å²) in [5.41, 5.74) is 3.98. The van der Waals surface area contributed by atoms with Crippen molar-refractivity contribution in [2.75, 3.05) is 13.4 Å². The van der Waals surface area contributed by atoms with E-state index in [1.54, 1.807) is 6.08 Å². The first-order chi connectivity index (χ1) is 14.7. The molecular formula is C26H32O4. The summed E-state index contributed by atoms with van der Waals surface area (Å²) in [5.74, 6) is 0.649. The van der Waals surface area contributed by atoms with Gasteiger partial charge in [-0.25, -0.2) is 4.89 Å². The lowest BCUT2D eigenvalue weighted by molar-refractivity contribution is -0.270. The van der Waals surface area contributed by atoms with Crippen LogP contribution in [0.2, 0.25) is 0 Å². The Kier molecular flexibility index (Phi) is 8.84. The van der Waals surface area contributed by atoms with E-state index in [4.69, 9.17) is 14.4 Å². The first-order valence-corrected chi connectivity index (χ1v) is 10.7. The first kappa shape index (κ1) is 22.4. The van der Waals surface area contributed by atoms with Crippen LogP contribution in [-0.2, 0) is 20.8 Å². The number of ether oxygens (including phenoxy) is 2. The summed E-state index contributed by atoms with van der Waals surface area (Å²) in [5, 5.41) is 9.41. The molecule has 1 saturated carbocycles. The minimum absolute atomic E-state index is 0.316. The quantitative estimate of drug-likeness (QED) is 0.158. The molecule has 160 valence electrons. The minimum Gasteiger partial charge on any atom is -0.355 e. The molecule has 0 radical (unpaired) electrons. The van der Waals surface area contributed by atoms with Crippen LogP contribution in [0.4, 0.5) is 0 Å². The minimum atomic E-state index is -0.515. The largest absolute Gasteiger partial charge is 0.355 e. The highest BCUT2D eigenvalue weighted by molar-refractivity contribution is 5.48. The van der Waals surface area contributed by atoms with Gasteiger partial charge in [0.25, 0.3) is 0 Å². The zero-order valence-electron chi connectivity index (χ0n) is 17.5. The van der Waals surface area contributed by atoms with Gasteiger partial charge in [0.1, 0.15) is 12.9 Å². The van der Waals surface area contributed by atoms with Crippen LogP contribution < -0.4 is 0 Å². The molecule has 1 fully saturated rings. The van der Waals surface area contributed by atoms with Crippen LogP contribution in [0.3, 0.4) is 0 Å². The Balaban J connectivity index is 1.41. The third-order valence-corrected chi connectivity index (χ3v) is 5.84. The fraction of sp³-hybridized carbons (Fsp3) is 0.385. The standard InChI is InChI=1S/C26H32O4/c1-3-20-5-11-23(12-6-20)26(30-27)24-13-7-22(8-14-24)17-18-28-19-29-25-15-9-21(4-2)10-16-25/h3-8,11-14,21,25-27H,1-2,9-10,15-19H2. The Labute approximate surface area is 179 Å². The molecule has 0 aromatic heterocycles. The van der Waals surface area contributed by atoms with Crippen molar-refractivity contribution in [1.29, 1.82) is 0 Å². The molecule has 1 aliphatic rings. The highest BCUT2D eigenvalue weighted by Gasteiger charge is 2.19. The summed E-state index contributed by atoms with van der Waals surface area (Å²) in [6, 6.07) is 15.8. The highest BCUT2D eigenvalue weighted by Crippen LogP contribution is 2.27. The maximum absolute atomic E-state index is 9.41. The predicted octanol–water partition coefficient (Wildman–Crippen LogP) is 6.19. The van der Waals surface area contributed by atoms with E-state index in [-0.39, 0.29) is 0 Å². The van der Waals surface area contributed by atoms with E-state index in [1.807, 2.05) is 48.5 Å². The average molecular weight is 409 g/mol. The molecule has 2 aromatic carbocycles. The maximum Gasteiger partial charge on any atom is 0.147 e. The Bertz CT molecular complexity index is 774. The SMILES string of the molecule is C=Cc1ccc(C(OO)c2ccc(CCOCOC3CCC(C=C)CC3)cc2)cc1. The second-order valence-electron chi connectivity index (χ2n) is 7.81. The Morgan fingerprint density at radius 2 is 1.57 bits per heavy atom. The van der Waals surface area contributed by atoms with E-state index >= 15 is 0 Å². The summed E-state index contributed by atoms with van der Waals surface area (Å²) < 4.78 is 11.5. The average Bonchev–Trinajstić information content (AvgIpc) is 2.81. The van der Waals surface area contributed by atoms with Crippen molar-refractivity contribution in [1.82, 2.24) is 0 Å². The van der Waals surface area contributed by atoms with Gasteiger partial charge in [-0.1, -0.05) is 67.3 Å². The second kappa shape index (κ2) is 11.8. The summed E-state index contributed by atoms with van der Waals surface area (Å²) in [6.07, 6.45) is 8.97. The van der Waals surface area contributed by atoms with E-state index in [1.165, 1.54) is 5.56 Å². The molecule has 1 N–H and O–H groups in total. The lowest BCUT2D eigenvalue weighted by atomic mass is 9.88. The van der Waals surface area contributed by atoms with E-state index in [0.717, 1.165) is 48.8 Å². The van der Waals surface area contributed by atoms with Crippen LogP contribution in [0.5, 0.6) is 0 Å². The smallest absolute Gasteiger partial charge is 0.147 e. The molecule has 0 spiro atoms. The Hall–Kier alpha value is -2.24. The summed E-state index contributed by atoms with van der Waals surface area (Å²) in [7, 11) is 0. The van der Waals surface area contributed by atoms with Crippen molar-refractivity contribution in [3.8, 4) is 0 Å². The molecule has 0 heterocycles. The fourth-order valence-corrected chi connectivity index (χ4v) is 3.86. The molecule has 1 aliphatic carbocycles. The molecule has 0 saturated heterocycles. The van der Waals surface area contributed by atoms with Gasteiger partial charge in [0.15, 0.2) is 0 Å². The van der Waals surface area contributed by atoms with Crippen molar-refractivity contribution >= 4 is 6.08 Å². The number of allylic oxidation sites excluding steroid dienone is 1. The lowest BCUT2D eigenvalue weighted by Gasteiger charge is -2.26. The van der Waals surface area contributed by atoms with Crippen LogP contribution in [0.15, 0.2) is 67.8 Å². The molecular weight excluding hydrogens is 376 g/mol. The van der Waals surface area contributed by atoms with Crippen molar-refractivity contribution in [3.63, 3.8) is 0 Å². The first-order valence-electron chi connectivity index (χ1n) is 10.7. The molecule has 2 aromatic rings. The van der Waals surface area contributed by atoms with E-state index in [0.29, 0.717) is 25.4 Å². The summed E-state index contributed by atoms with van der Waals surface area (Å²) >= 11 is 0. The molecule has 30 heavy (non-hydrogen) atoms. The monoisotopic (exact) mass is 408 g/mol. The normalized spacial score (nSPS) is 19.9. The van der Waals surface area contributed by atoms with E-state index < -0.39 is 6.10 Å². The number of rotatable bonds is 11. The Morgan fingerprint density at radius 3 is 2.13 bits per heavy atom. The van der Waals surface area contributed by atoms with Gasteiger partial charge in [0.2, 0.25) is 0 Å². The zero-order chi connectivity index (χ0) is 21.2. The number of hydrogen-bond donors (Lipinski definition) is 1. The van der Waals surface area contributed by atoms with Crippen LogP contribution in [-0.4, -0.2) is 24.8 Å². The van der Waals surface area contributed by atoms with Crippen molar-refractivity contribution in [2.45, 2.75) is 44.3 Å². The molecule has 3 rings (SSSR count). The molecule has 0 aliphatic heterocycles. The summed E-state index contributed by atoms with van der Waals surface area (Å²) in [6.45, 7) is 8.60. The van der Waals surface area contributed by atoms with Crippen LogP contribution >= 0.6 is 0 Å².